The molecule has 0 unspecified atom stereocenters. The van der Waals surface area contributed by atoms with Crippen LogP contribution in [0.4, 0.5) is 0 Å². The molecule has 2 aliphatic heterocycles. The van der Waals surface area contributed by atoms with Crippen molar-refractivity contribution in [3.63, 3.8) is 0 Å². The summed E-state index contributed by atoms with van der Waals surface area (Å²) in [6, 6.07) is 6.28. The Morgan fingerprint density at radius 3 is 2.55 bits per heavy atom. The van der Waals surface area contributed by atoms with Crippen molar-refractivity contribution >= 4 is 15.9 Å². The fourth-order valence-electron chi connectivity index (χ4n) is 3.54. The number of hydrogen-bond acceptors (Lipinski definition) is 7. The van der Waals surface area contributed by atoms with Crippen LogP contribution >= 0.6 is 0 Å². The van der Waals surface area contributed by atoms with Crippen LogP contribution in [0.2, 0.25) is 0 Å². The maximum atomic E-state index is 12.7. The summed E-state index contributed by atoms with van der Waals surface area (Å²) in [5, 5.41) is 10.4. The van der Waals surface area contributed by atoms with E-state index in [1.807, 2.05) is 0 Å². The highest BCUT2D eigenvalue weighted by Crippen LogP contribution is 2.24. The van der Waals surface area contributed by atoms with Crippen molar-refractivity contribution in [1.29, 1.82) is 0 Å². The fraction of sp³-hybridized carbons (Fsp3) is 0.526. The van der Waals surface area contributed by atoms with Crippen LogP contribution in [-0.4, -0.2) is 61.2 Å². The minimum atomic E-state index is -3.49. The van der Waals surface area contributed by atoms with Gasteiger partial charge in [-0.05, 0) is 49.9 Å². The lowest BCUT2D eigenvalue weighted by Crippen LogP contribution is -2.35. The maximum Gasteiger partial charge on any atom is 0.308 e. The summed E-state index contributed by atoms with van der Waals surface area (Å²) < 4.78 is 37.9. The van der Waals surface area contributed by atoms with Gasteiger partial charge in [0.2, 0.25) is 15.9 Å². The number of carbonyl (C=O) groups is 1. The van der Waals surface area contributed by atoms with Gasteiger partial charge >= 0.3 is 11.8 Å². The van der Waals surface area contributed by atoms with E-state index in [1.165, 1.54) is 16.4 Å². The van der Waals surface area contributed by atoms with Crippen LogP contribution in [0.1, 0.15) is 42.8 Å². The Morgan fingerprint density at radius 2 is 1.86 bits per heavy atom. The van der Waals surface area contributed by atoms with Crippen molar-refractivity contribution in [2.45, 2.75) is 43.1 Å². The SMILES string of the molecule is O=C(NC[C@@H]1CCCO1)c1nnc(-c2ccc(S(=O)(=O)N3CCCCC3)cc2)o1. The predicted octanol–water partition coefficient (Wildman–Crippen LogP) is 1.82. The number of piperidine rings is 1. The van der Waals surface area contributed by atoms with E-state index in [9.17, 15) is 13.2 Å². The number of benzene rings is 1. The van der Waals surface area contributed by atoms with Gasteiger partial charge in [-0.3, -0.25) is 4.79 Å². The van der Waals surface area contributed by atoms with E-state index in [4.69, 9.17) is 9.15 Å². The van der Waals surface area contributed by atoms with Gasteiger partial charge in [0.15, 0.2) is 0 Å². The molecule has 1 N–H and O–H groups in total. The number of sulfonamides is 1. The Balaban J connectivity index is 1.42. The summed E-state index contributed by atoms with van der Waals surface area (Å²) in [5.74, 6) is -0.430. The number of aromatic nitrogens is 2. The number of nitrogens with zero attached hydrogens (tertiary/aromatic N) is 3. The number of carbonyl (C=O) groups excluding carboxylic acids is 1. The van der Waals surface area contributed by atoms with Gasteiger partial charge in [0.25, 0.3) is 0 Å². The van der Waals surface area contributed by atoms with Crippen molar-refractivity contribution < 1.29 is 22.4 Å². The molecule has 2 saturated heterocycles. The van der Waals surface area contributed by atoms with Gasteiger partial charge in [-0.15, -0.1) is 10.2 Å². The minimum Gasteiger partial charge on any atom is -0.412 e. The minimum absolute atomic E-state index is 0.0238. The molecule has 2 aromatic rings. The third-order valence-electron chi connectivity index (χ3n) is 5.19. The second-order valence-corrected chi connectivity index (χ2v) is 9.18. The number of rotatable bonds is 6. The largest absolute Gasteiger partial charge is 0.412 e. The topological polar surface area (TPSA) is 115 Å². The molecule has 29 heavy (non-hydrogen) atoms. The summed E-state index contributed by atoms with van der Waals surface area (Å²) in [6.07, 6.45) is 4.77. The lowest BCUT2D eigenvalue weighted by molar-refractivity contribution is 0.0830. The summed E-state index contributed by atoms with van der Waals surface area (Å²) in [5.41, 5.74) is 0.549. The van der Waals surface area contributed by atoms with E-state index in [0.717, 1.165) is 32.1 Å². The van der Waals surface area contributed by atoms with Crippen molar-refractivity contribution in [3.05, 3.63) is 30.2 Å². The van der Waals surface area contributed by atoms with Gasteiger partial charge in [0.05, 0.1) is 11.0 Å². The zero-order chi connectivity index (χ0) is 20.3. The zero-order valence-electron chi connectivity index (χ0n) is 16.0. The van der Waals surface area contributed by atoms with E-state index in [-0.39, 0.29) is 22.8 Å². The van der Waals surface area contributed by atoms with Crippen LogP contribution in [0, 0.1) is 0 Å². The summed E-state index contributed by atoms with van der Waals surface area (Å²) in [4.78, 5) is 12.4. The van der Waals surface area contributed by atoms with E-state index in [2.05, 4.69) is 15.5 Å². The molecule has 0 aliphatic carbocycles. The van der Waals surface area contributed by atoms with E-state index < -0.39 is 15.9 Å². The Labute approximate surface area is 169 Å². The fourth-order valence-corrected chi connectivity index (χ4v) is 5.06. The third kappa shape index (κ3) is 4.49. The molecule has 4 rings (SSSR count). The Kier molecular flexibility index (Phi) is 5.93. The molecule has 156 valence electrons. The average Bonchev–Trinajstić information content (AvgIpc) is 3.45. The second-order valence-electron chi connectivity index (χ2n) is 7.25. The first-order valence-corrected chi connectivity index (χ1v) is 11.3. The lowest BCUT2D eigenvalue weighted by atomic mass is 10.2. The van der Waals surface area contributed by atoms with E-state index in [0.29, 0.717) is 31.8 Å². The molecule has 0 bridgehead atoms. The van der Waals surface area contributed by atoms with Gasteiger partial charge in [-0.2, -0.15) is 4.31 Å². The average molecular weight is 420 g/mol. The Hall–Kier alpha value is -2.30. The predicted molar refractivity (Wildman–Crippen MR) is 104 cm³/mol. The van der Waals surface area contributed by atoms with E-state index in [1.54, 1.807) is 12.1 Å². The van der Waals surface area contributed by atoms with Crippen molar-refractivity contribution in [2.75, 3.05) is 26.2 Å². The molecule has 2 fully saturated rings. The first-order chi connectivity index (χ1) is 14.0. The number of hydrogen-bond donors (Lipinski definition) is 1. The first-order valence-electron chi connectivity index (χ1n) is 9.88. The standard InChI is InChI=1S/C19H24N4O5S/c24-17(20-13-15-5-4-12-27-15)19-22-21-18(28-19)14-6-8-16(9-7-14)29(25,26)23-10-2-1-3-11-23/h6-9,15H,1-5,10-13H2,(H,20,24)/t15-/m0/s1. The summed E-state index contributed by atoms with van der Waals surface area (Å²) >= 11 is 0. The highest BCUT2D eigenvalue weighted by atomic mass is 32.2. The van der Waals surface area contributed by atoms with Gasteiger partial charge in [-0.1, -0.05) is 6.42 Å². The molecule has 0 spiro atoms. The molecular formula is C19H24N4O5S. The zero-order valence-corrected chi connectivity index (χ0v) is 16.9. The molecular weight excluding hydrogens is 396 g/mol. The molecule has 1 aromatic heterocycles. The van der Waals surface area contributed by atoms with Gasteiger partial charge in [0.1, 0.15) is 0 Å². The van der Waals surface area contributed by atoms with Crippen LogP contribution in [0.5, 0.6) is 0 Å². The third-order valence-corrected chi connectivity index (χ3v) is 7.10. The highest BCUT2D eigenvalue weighted by molar-refractivity contribution is 7.89. The molecule has 0 saturated carbocycles. The first kappa shape index (κ1) is 20.0. The summed E-state index contributed by atoms with van der Waals surface area (Å²) in [6.45, 7) is 2.23. The molecule has 0 radical (unpaired) electrons. The van der Waals surface area contributed by atoms with Gasteiger partial charge < -0.3 is 14.5 Å². The lowest BCUT2D eigenvalue weighted by Gasteiger charge is -2.25. The summed E-state index contributed by atoms with van der Waals surface area (Å²) in [7, 11) is -3.49. The van der Waals surface area contributed by atoms with E-state index >= 15 is 0 Å². The number of amides is 1. The van der Waals surface area contributed by atoms with Gasteiger partial charge in [0, 0.05) is 31.8 Å². The van der Waals surface area contributed by atoms with Crippen LogP contribution < -0.4 is 5.32 Å². The molecule has 10 heteroatoms. The van der Waals surface area contributed by atoms with Crippen LogP contribution in [0.25, 0.3) is 11.5 Å². The van der Waals surface area contributed by atoms with Crippen molar-refractivity contribution in [3.8, 4) is 11.5 Å². The van der Waals surface area contributed by atoms with Crippen molar-refractivity contribution in [2.24, 2.45) is 0 Å². The molecule has 1 aromatic carbocycles. The molecule has 9 nitrogen and oxygen atoms in total. The number of nitrogens with one attached hydrogen (secondary N) is 1. The maximum absolute atomic E-state index is 12.7. The van der Waals surface area contributed by atoms with Crippen molar-refractivity contribution in [1.82, 2.24) is 19.8 Å². The normalized spacial score (nSPS) is 20.6. The van der Waals surface area contributed by atoms with Crippen LogP contribution in [0.15, 0.2) is 33.6 Å². The molecule has 2 aliphatic rings. The van der Waals surface area contributed by atoms with Gasteiger partial charge in [-0.25, -0.2) is 8.42 Å². The van der Waals surface area contributed by atoms with Crippen LogP contribution in [-0.2, 0) is 14.8 Å². The second kappa shape index (κ2) is 8.60. The molecule has 1 atom stereocenters. The highest BCUT2D eigenvalue weighted by Gasteiger charge is 2.26. The Morgan fingerprint density at radius 1 is 1.10 bits per heavy atom. The smallest absolute Gasteiger partial charge is 0.308 e. The molecule has 1 amide bonds. The molecule has 3 heterocycles. The number of ether oxygens (including phenoxy) is 1. The quantitative estimate of drug-likeness (QED) is 0.758. The van der Waals surface area contributed by atoms with Crippen LogP contribution in [0.3, 0.4) is 0 Å². The monoisotopic (exact) mass is 420 g/mol. The Bertz CT molecular complexity index is 945.